The van der Waals surface area contributed by atoms with Crippen molar-refractivity contribution in [2.45, 2.75) is 33.6 Å². The minimum atomic E-state index is -0.705. The Labute approximate surface area is 176 Å². The molecule has 0 unspecified atom stereocenters. The monoisotopic (exact) mass is 431 g/mol. The summed E-state index contributed by atoms with van der Waals surface area (Å²) < 4.78 is 19.8. The second kappa shape index (κ2) is 9.17. The number of ether oxygens (including phenoxy) is 1. The molecule has 0 aliphatic rings. The Hall–Kier alpha value is -3.07. The Balaban J connectivity index is 2.23. The van der Waals surface area contributed by atoms with E-state index in [0.29, 0.717) is 17.8 Å². The molecular weight excluding hydrogens is 409 g/mol. The molecule has 2 aromatic heterocycles. The van der Waals surface area contributed by atoms with E-state index in [4.69, 9.17) is 4.74 Å². The first-order valence-electron chi connectivity index (χ1n) is 9.69. The lowest BCUT2D eigenvalue weighted by Gasteiger charge is -2.13. The number of aromatic nitrogens is 2. The van der Waals surface area contributed by atoms with Crippen LogP contribution in [0.15, 0.2) is 34.4 Å². The van der Waals surface area contributed by atoms with Crippen LogP contribution in [0.1, 0.15) is 44.1 Å². The molecule has 0 spiro atoms. The molecule has 0 saturated carbocycles. The van der Waals surface area contributed by atoms with Gasteiger partial charge in [0.2, 0.25) is 5.91 Å². The summed E-state index contributed by atoms with van der Waals surface area (Å²) in [5, 5.41) is 9.30. The molecule has 0 bridgehead atoms. The highest BCUT2D eigenvalue weighted by atomic mass is 32.1. The van der Waals surface area contributed by atoms with Gasteiger partial charge in [-0.05, 0) is 38.0 Å². The topological polar surface area (TPSA) is 90.3 Å². The number of thiophene rings is 1. The molecule has 1 amide bonds. The van der Waals surface area contributed by atoms with Crippen LogP contribution in [-0.4, -0.2) is 28.3 Å². The van der Waals surface area contributed by atoms with E-state index in [-0.39, 0.29) is 40.6 Å². The lowest BCUT2D eigenvalue weighted by Crippen LogP contribution is -2.26. The highest BCUT2D eigenvalue weighted by Crippen LogP contribution is 2.31. The number of carbonyl (C=O) groups is 2. The number of anilines is 1. The number of rotatable bonds is 7. The van der Waals surface area contributed by atoms with Crippen molar-refractivity contribution in [3.63, 3.8) is 0 Å². The summed E-state index contributed by atoms with van der Waals surface area (Å²) >= 11 is 1.13. The molecule has 1 aromatic carbocycles. The van der Waals surface area contributed by atoms with E-state index in [1.165, 1.54) is 18.2 Å². The Morgan fingerprint density at radius 1 is 1.27 bits per heavy atom. The molecule has 0 aliphatic carbocycles. The molecule has 0 saturated heterocycles. The second-order valence-electron chi connectivity index (χ2n) is 6.62. The fraction of sp³-hybridized carbons (Fsp3) is 0.333. The van der Waals surface area contributed by atoms with Crippen molar-refractivity contribution in [3.8, 4) is 5.69 Å². The number of hydrogen-bond donors (Lipinski definition) is 1. The number of halogens is 1. The standard InChI is InChI=1S/C21H22FN3O4S/c1-4-12(5-2)18(26)23-19-16-15(11-30-19)17(21(28)29-6-3)24-25(20(16)27)14-9-7-8-13(22)10-14/h7-12H,4-6H2,1-3H3,(H,23,26). The van der Waals surface area contributed by atoms with Gasteiger partial charge >= 0.3 is 5.97 Å². The van der Waals surface area contributed by atoms with Crippen molar-refractivity contribution < 1.29 is 18.7 Å². The number of fused-ring (bicyclic) bond motifs is 1. The fourth-order valence-corrected chi connectivity index (χ4v) is 4.09. The zero-order valence-corrected chi connectivity index (χ0v) is 17.7. The molecule has 2 heterocycles. The molecule has 0 fully saturated rings. The van der Waals surface area contributed by atoms with Crippen LogP contribution >= 0.6 is 11.3 Å². The van der Waals surface area contributed by atoms with Crippen LogP contribution in [0.3, 0.4) is 0 Å². The maximum absolute atomic E-state index is 13.7. The molecule has 0 aliphatic heterocycles. The van der Waals surface area contributed by atoms with Crippen LogP contribution in [0.4, 0.5) is 9.39 Å². The summed E-state index contributed by atoms with van der Waals surface area (Å²) in [6.07, 6.45) is 1.32. The number of benzene rings is 1. The molecule has 1 N–H and O–H groups in total. The van der Waals surface area contributed by atoms with E-state index in [0.717, 1.165) is 22.1 Å². The number of nitrogens with one attached hydrogen (secondary N) is 1. The van der Waals surface area contributed by atoms with E-state index in [1.54, 1.807) is 12.3 Å². The van der Waals surface area contributed by atoms with Crippen molar-refractivity contribution in [3.05, 3.63) is 51.5 Å². The third-order valence-corrected chi connectivity index (χ3v) is 5.66. The predicted octanol–water partition coefficient (Wildman–Crippen LogP) is 4.14. The SMILES string of the molecule is CCOC(=O)c1nn(-c2cccc(F)c2)c(=O)c2c(NC(=O)C(CC)CC)scc12. The molecule has 7 nitrogen and oxygen atoms in total. The molecular formula is C21H22FN3O4S. The minimum Gasteiger partial charge on any atom is -0.461 e. The number of hydrogen-bond acceptors (Lipinski definition) is 6. The molecule has 9 heteroatoms. The van der Waals surface area contributed by atoms with Crippen molar-refractivity contribution in [2.75, 3.05) is 11.9 Å². The van der Waals surface area contributed by atoms with Gasteiger partial charge in [-0.2, -0.15) is 9.78 Å². The van der Waals surface area contributed by atoms with Crippen LogP contribution < -0.4 is 10.9 Å². The smallest absolute Gasteiger partial charge is 0.359 e. The largest absolute Gasteiger partial charge is 0.461 e. The van der Waals surface area contributed by atoms with E-state index in [9.17, 15) is 18.8 Å². The van der Waals surface area contributed by atoms with Gasteiger partial charge in [-0.15, -0.1) is 11.3 Å². The van der Waals surface area contributed by atoms with Gasteiger partial charge in [0.25, 0.3) is 5.56 Å². The lowest BCUT2D eigenvalue weighted by molar-refractivity contribution is -0.120. The van der Waals surface area contributed by atoms with Gasteiger partial charge < -0.3 is 10.1 Å². The quantitative estimate of drug-likeness (QED) is 0.568. The first-order chi connectivity index (χ1) is 14.4. The highest BCUT2D eigenvalue weighted by Gasteiger charge is 2.24. The molecule has 3 aromatic rings. The number of nitrogens with zero attached hydrogens (tertiary/aromatic N) is 2. The van der Waals surface area contributed by atoms with E-state index in [2.05, 4.69) is 10.4 Å². The zero-order valence-electron chi connectivity index (χ0n) is 16.9. The predicted molar refractivity (Wildman–Crippen MR) is 114 cm³/mol. The highest BCUT2D eigenvalue weighted by molar-refractivity contribution is 7.16. The number of carbonyl (C=O) groups excluding carboxylic acids is 2. The molecule has 0 radical (unpaired) electrons. The summed E-state index contributed by atoms with van der Waals surface area (Å²) in [5.41, 5.74) is -0.476. The van der Waals surface area contributed by atoms with Gasteiger partial charge in [0, 0.05) is 16.7 Å². The van der Waals surface area contributed by atoms with Crippen LogP contribution in [0.5, 0.6) is 0 Å². The van der Waals surface area contributed by atoms with Gasteiger partial charge in [0.1, 0.15) is 10.8 Å². The number of esters is 1. The molecule has 30 heavy (non-hydrogen) atoms. The van der Waals surface area contributed by atoms with Crippen molar-refractivity contribution >= 4 is 39.0 Å². The van der Waals surface area contributed by atoms with Crippen LogP contribution in [0, 0.1) is 11.7 Å². The van der Waals surface area contributed by atoms with Crippen molar-refractivity contribution in [1.82, 2.24) is 9.78 Å². The molecule has 0 atom stereocenters. The van der Waals surface area contributed by atoms with Crippen molar-refractivity contribution in [1.29, 1.82) is 0 Å². The van der Waals surface area contributed by atoms with E-state index in [1.807, 2.05) is 13.8 Å². The first-order valence-corrected chi connectivity index (χ1v) is 10.6. The van der Waals surface area contributed by atoms with Gasteiger partial charge in [0.15, 0.2) is 5.69 Å². The summed E-state index contributed by atoms with van der Waals surface area (Å²) in [5.74, 6) is -1.65. The first kappa shape index (κ1) is 21.6. The van der Waals surface area contributed by atoms with E-state index >= 15 is 0 Å². The third-order valence-electron chi connectivity index (χ3n) is 4.77. The van der Waals surface area contributed by atoms with Gasteiger partial charge in [-0.1, -0.05) is 19.9 Å². The van der Waals surface area contributed by atoms with Gasteiger partial charge in [-0.3, -0.25) is 9.59 Å². The van der Waals surface area contributed by atoms with Gasteiger partial charge in [0.05, 0.1) is 17.7 Å². The zero-order chi connectivity index (χ0) is 21.8. The second-order valence-corrected chi connectivity index (χ2v) is 7.50. The molecule has 158 valence electrons. The molecule has 3 rings (SSSR count). The summed E-state index contributed by atoms with van der Waals surface area (Å²) in [6.45, 7) is 5.62. The Morgan fingerprint density at radius 2 is 2.00 bits per heavy atom. The van der Waals surface area contributed by atoms with Crippen LogP contribution in [0.2, 0.25) is 0 Å². The summed E-state index contributed by atoms with van der Waals surface area (Å²) in [4.78, 5) is 38.3. The average molecular weight is 431 g/mol. The minimum absolute atomic E-state index is 0.0741. The maximum Gasteiger partial charge on any atom is 0.359 e. The average Bonchev–Trinajstić information content (AvgIpc) is 3.13. The lowest BCUT2D eigenvalue weighted by atomic mass is 10.0. The third kappa shape index (κ3) is 4.11. The van der Waals surface area contributed by atoms with Gasteiger partial charge in [-0.25, -0.2) is 9.18 Å². The fourth-order valence-electron chi connectivity index (χ4n) is 3.15. The van der Waals surface area contributed by atoms with E-state index < -0.39 is 17.3 Å². The summed E-state index contributed by atoms with van der Waals surface area (Å²) in [7, 11) is 0. The summed E-state index contributed by atoms with van der Waals surface area (Å²) in [6, 6.07) is 5.33. The normalized spacial score (nSPS) is 11.1. The van der Waals surface area contributed by atoms with Crippen LogP contribution in [-0.2, 0) is 9.53 Å². The maximum atomic E-state index is 13.7. The van der Waals surface area contributed by atoms with Crippen molar-refractivity contribution in [2.24, 2.45) is 5.92 Å². The number of amides is 1. The Bertz CT molecular complexity index is 1150. The van der Waals surface area contributed by atoms with Crippen LogP contribution in [0.25, 0.3) is 16.5 Å². The Kier molecular flexibility index (Phi) is 6.61. The Morgan fingerprint density at radius 3 is 2.63 bits per heavy atom.